The van der Waals surface area contributed by atoms with E-state index >= 15 is 0 Å². The number of anilines is 2. The topological polar surface area (TPSA) is 93.2 Å². The third-order valence-corrected chi connectivity index (χ3v) is 5.30. The number of rotatable bonds is 7. The van der Waals surface area contributed by atoms with Gasteiger partial charge in [-0.15, -0.1) is 0 Å². The third kappa shape index (κ3) is 4.71. The van der Waals surface area contributed by atoms with Crippen LogP contribution in [0.4, 0.5) is 11.4 Å². The van der Waals surface area contributed by atoms with Crippen molar-refractivity contribution >= 4 is 40.7 Å². The highest BCUT2D eigenvalue weighted by atomic mass is 35.5. The van der Waals surface area contributed by atoms with Gasteiger partial charge in [0.1, 0.15) is 5.70 Å². The summed E-state index contributed by atoms with van der Waals surface area (Å²) < 4.78 is 0. The number of hydrogen-bond donors (Lipinski definition) is 2. The molecule has 0 saturated carbocycles. The lowest BCUT2D eigenvalue weighted by atomic mass is 10.2. The fourth-order valence-corrected chi connectivity index (χ4v) is 3.78. The van der Waals surface area contributed by atoms with Crippen molar-refractivity contribution in [3.8, 4) is 0 Å². The zero-order chi connectivity index (χ0) is 21.0. The molecule has 9 heteroatoms. The van der Waals surface area contributed by atoms with Gasteiger partial charge in [0.25, 0.3) is 11.8 Å². The first-order valence-corrected chi connectivity index (χ1v) is 10.1. The average Bonchev–Trinajstić information content (AvgIpc) is 2.96. The van der Waals surface area contributed by atoms with Crippen LogP contribution in [0.25, 0.3) is 0 Å². The second-order valence-corrected chi connectivity index (χ2v) is 7.39. The largest absolute Gasteiger partial charge is 0.395 e. The van der Waals surface area contributed by atoms with Crippen LogP contribution >= 0.6 is 11.6 Å². The van der Waals surface area contributed by atoms with E-state index in [9.17, 15) is 14.4 Å². The number of hydrogen-bond acceptors (Lipinski definition) is 6. The van der Waals surface area contributed by atoms with Crippen LogP contribution in [0.5, 0.6) is 0 Å². The van der Waals surface area contributed by atoms with E-state index in [1.54, 1.807) is 12.1 Å². The molecule has 29 heavy (non-hydrogen) atoms. The molecule has 0 aromatic heterocycles. The van der Waals surface area contributed by atoms with Crippen molar-refractivity contribution in [1.82, 2.24) is 9.80 Å². The van der Waals surface area contributed by atoms with Crippen molar-refractivity contribution in [2.24, 2.45) is 0 Å². The van der Waals surface area contributed by atoms with Crippen molar-refractivity contribution < 1.29 is 19.5 Å². The molecule has 156 valence electrons. The molecule has 0 unspecified atom stereocenters. The maximum atomic E-state index is 12.2. The molecule has 0 spiro atoms. The number of imide groups is 1. The van der Waals surface area contributed by atoms with E-state index in [0.29, 0.717) is 43.3 Å². The molecular weight excluding hydrogens is 396 g/mol. The summed E-state index contributed by atoms with van der Waals surface area (Å²) in [6.45, 7) is 4.42. The monoisotopic (exact) mass is 420 g/mol. The molecule has 0 bridgehead atoms. The summed E-state index contributed by atoms with van der Waals surface area (Å²) in [4.78, 5) is 41.1. The molecular formula is C20H25ClN4O4. The average molecular weight is 421 g/mol. The van der Waals surface area contributed by atoms with Gasteiger partial charge < -0.3 is 20.2 Å². The number of piperazine rings is 1. The summed E-state index contributed by atoms with van der Waals surface area (Å²) in [5, 5.41) is 12.4. The number of aliphatic hydroxyl groups is 1. The van der Waals surface area contributed by atoms with Gasteiger partial charge in [0.05, 0.1) is 23.9 Å². The summed E-state index contributed by atoms with van der Waals surface area (Å²) in [5.74, 6) is -0.737. The zero-order valence-electron chi connectivity index (χ0n) is 16.4. The summed E-state index contributed by atoms with van der Waals surface area (Å²) >= 11 is 6.46. The van der Waals surface area contributed by atoms with E-state index in [0.717, 1.165) is 17.0 Å². The molecule has 1 saturated heterocycles. The molecule has 3 amide bonds. The predicted octanol–water partition coefficient (Wildman–Crippen LogP) is 1.45. The number of benzene rings is 1. The van der Waals surface area contributed by atoms with Gasteiger partial charge in [0.15, 0.2) is 0 Å². The second kappa shape index (κ2) is 9.28. The van der Waals surface area contributed by atoms with Crippen LogP contribution in [-0.4, -0.2) is 72.0 Å². The summed E-state index contributed by atoms with van der Waals surface area (Å²) in [7, 11) is 0. The normalized spacial score (nSPS) is 17.1. The Labute approximate surface area is 174 Å². The quantitative estimate of drug-likeness (QED) is 0.648. The molecule has 2 aliphatic rings. The van der Waals surface area contributed by atoms with Gasteiger partial charge in [-0.1, -0.05) is 18.5 Å². The molecule has 0 atom stereocenters. The number of amides is 3. The third-order valence-electron chi connectivity index (χ3n) is 5.00. The Morgan fingerprint density at radius 2 is 1.93 bits per heavy atom. The molecule has 2 heterocycles. The van der Waals surface area contributed by atoms with Gasteiger partial charge in [-0.25, -0.2) is 0 Å². The number of nitrogens with zero attached hydrogens (tertiary/aromatic N) is 3. The van der Waals surface area contributed by atoms with E-state index in [-0.39, 0.29) is 24.8 Å². The molecule has 1 aromatic carbocycles. The lowest BCUT2D eigenvalue weighted by molar-refractivity contribution is -0.137. The fourth-order valence-electron chi connectivity index (χ4n) is 3.48. The van der Waals surface area contributed by atoms with Gasteiger partial charge in [-0.05, 0) is 24.6 Å². The molecule has 2 aliphatic heterocycles. The number of nitrogens with one attached hydrogen (secondary N) is 1. The first kappa shape index (κ1) is 21.1. The summed E-state index contributed by atoms with van der Waals surface area (Å²) in [5.41, 5.74) is 1.61. The summed E-state index contributed by atoms with van der Waals surface area (Å²) in [6, 6.07) is 5.36. The smallest absolute Gasteiger partial charge is 0.277 e. The molecule has 0 aliphatic carbocycles. The van der Waals surface area contributed by atoms with Crippen LogP contribution < -0.4 is 10.2 Å². The minimum atomic E-state index is -0.475. The van der Waals surface area contributed by atoms with Crippen LogP contribution in [0.15, 0.2) is 30.0 Å². The highest BCUT2D eigenvalue weighted by Gasteiger charge is 2.30. The van der Waals surface area contributed by atoms with Crippen LogP contribution in [0.1, 0.15) is 19.8 Å². The molecule has 0 radical (unpaired) electrons. The van der Waals surface area contributed by atoms with Crippen LogP contribution in [0.2, 0.25) is 5.02 Å². The number of β-amino-alcohol motifs (C(OH)–C–C–N with tert-alkyl or cyclic N) is 1. The molecule has 2 N–H and O–H groups in total. The van der Waals surface area contributed by atoms with Gasteiger partial charge in [-0.3, -0.25) is 19.3 Å². The van der Waals surface area contributed by atoms with E-state index in [4.69, 9.17) is 16.7 Å². The lowest BCUT2D eigenvalue weighted by Crippen LogP contribution is -2.48. The first-order valence-electron chi connectivity index (χ1n) is 9.72. The highest BCUT2D eigenvalue weighted by Crippen LogP contribution is 2.30. The van der Waals surface area contributed by atoms with E-state index in [1.165, 1.54) is 6.08 Å². The van der Waals surface area contributed by atoms with Crippen molar-refractivity contribution in [1.29, 1.82) is 0 Å². The van der Waals surface area contributed by atoms with Gasteiger partial charge in [0, 0.05) is 44.4 Å². The van der Waals surface area contributed by atoms with Crippen LogP contribution in [0, 0.1) is 0 Å². The van der Waals surface area contributed by atoms with Gasteiger partial charge in [-0.2, -0.15) is 0 Å². The Hall–Kier alpha value is -2.58. The predicted molar refractivity (Wildman–Crippen MR) is 111 cm³/mol. The van der Waals surface area contributed by atoms with E-state index in [1.807, 2.05) is 17.9 Å². The Balaban J connectivity index is 1.63. The molecule has 3 rings (SSSR count). The molecule has 1 fully saturated rings. The van der Waals surface area contributed by atoms with Crippen LogP contribution in [-0.2, 0) is 14.4 Å². The number of aliphatic hydroxyl groups excluding tert-OH is 1. The van der Waals surface area contributed by atoms with Crippen molar-refractivity contribution in [3.63, 3.8) is 0 Å². The minimum absolute atomic E-state index is 0.0359. The van der Waals surface area contributed by atoms with Gasteiger partial charge >= 0.3 is 0 Å². The minimum Gasteiger partial charge on any atom is -0.395 e. The second-order valence-electron chi connectivity index (χ2n) is 6.99. The summed E-state index contributed by atoms with van der Waals surface area (Å²) in [6.07, 6.45) is 2.64. The maximum absolute atomic E-state index is 12.2. The van der Waals surface area contributed by atoms with Crippen LogP contribution in [0.3, 0.4) is 0 Å². The highest BCUT2D eigenvalue weighted by molar-refractivity contribution is 6.33. The first-order chi connectivity index (χ1) is 13.9. The number of carbonyl (C=O) groups excluding carboxylic acids is 3. The fraction of sp³-hybridized carbons (Fsp3) is 0.450. The number of halogens is 1. The Kier molecular flexibility index (Phi) is 6.76. The molecule has 1 aromatic rings. The Bertz CT molecular complexity index is 834. The van der Waals surface area contributed by atoms with E-state index in [2.05, 4.69) is 10.2 Å². The maximum Gasteiger partial charge on any atom is 0.277 e. The standard InChI is InChI=1S/C20H25ClN4O4/c1-2-3-18(27)24-8-6-23(7-9-24)17-5-4-14(12-15(17)21)22-16-13-19(28)25(10-11-26)20(16)29/h4-5,12-13,22,26H,2-3,6-11H2,1H3. The Morgan fingerprint density at radius 3 is 2.55 bits per heavy atom. The molecule has 8 nitrogen and oxygen atoms in total. The Morgan fingerprint density at radius 1 is 1.21 bits per heavy atom. The van der Waals surface area contributed by atoms with Gasteiger partial charge in [0.2, 0.25) is 5.91 Å². The SMILES string of the molecule is CCCC(=O)N1CCN(c2ccc(NC3=CC(=O)N(CCO)C3=O)cc2Cl)CC1. The van der Waals surface area contributed by atoms with Crippen molar-refractivity contribution in [3.05, 3.63) is 35.0 Å². The number of carbonyl (C=O) groups is 3. The zero-order valence-corrected chi connectivity index (χ0v) is 17.1. The lowest BCUT2D eigenvalue weighted by Gasteiger charge is -2.36. The van der Waals surface area contributed by atoms with Crippen molar-refractivity contribution in [2.75, 3.05) is 49.5 Å². The van der Waals surface area contributed by atoms with E-state index < -0.39 is 11.8 Å². The van der Waals surface area contributed by atoms with Crippen molar-refractivity contribution in [2.45, 2.75) is 19.8 Å².